The van der Waals surface area contributed by atoms with E-state index in [0.29, 0.717) is 24.4 Å². The molecule has 4 atom stereocenters. The van der Waals surface area contributed by atoms with E-state index in [1.54, 1.807) is 0 Å². The molecule has 4 aliphatic heterocycles. The van der Waals surface area contributed by atoms with Crippen LogP contribution >= 0.6 is 0 Å². The lowest BCUT2D eigenvalue weighted by molar-refractivity contribution is 0.388. The summed E-state index contributed by atoms with van der Waals surface area (Å²) in [5, 5.41) is 3.51. The topological polar surface area (TPSA) is 68.6 Å². The summed E-state index contributed by atoms with van der Waals surface area (Å²) in [5.74, 6) is 0. The average molecular weight is 424 g/mol. The molecule has 0 bridgehead atoms. The van der Waals surface area contributed by atoms with Crippen LogP contribution in [0, 0.1) is 0 Å². The fraction of sp³-hybridized carbons (Fsp3) is 0.500. The van der Waals surface area contributed by atoms with Crippen molar-refractivity contribution in [2.24, 2.45) is 0 Å². The van der Waals surface area contributed by atoms with Gasteiger partial charge in [-0.3, -0.25) is 0 Å². The number of hydrogen-bond acceptors (Lipinski definition) is 7. The zero-order valence-electron chi connectivity index (χ0n) is 17.6. The van der Waals surface area contributed by atoms with Gasteiger partial charge in [0.15, 0.2) is 0 Å². The van der Waals surface area contributed by atoms with Crippen LogP contribution in [0.15, 0.2) is 48.5 Å². The fourth-order valence-electron chi connectivity index (χ4n) is 3.93. The first-order valence-corrected chi connectivity index (χ1v) is 11.2. The molecule has 4 heterocycles. The Labute approximate surface area is 182 Å². The molecule has 0 spiro atoms. The van der Waals surface area contributed by atoms with Crippen LogP contribution in [0.25, 0.3) is 0 Å². The maximum atomic E-state index is 5.43. The number of anilines is 4. The van der Waals surface area contributed by atoms with Crippen molar-refractivity contribution in [1.82, 2.24) is 0 Å². The van der Waals surface area contributed by atoms with E-state index in [0.717, 1.165) is 64.0 Å². The monoisotopic (exact) mass is 423 g/mol. The molecule has 7 heteroatoms. The first kappa shape index (κ1) is 19.4. The molecule has 4 aliphatic rings. The van der Waals surface area contributed by atoms with Gasteiger partial charge < -0.3 is 34.1 Å². The summed E-state index contributed by atoms with van der Waals surface area (Å²) in [4.78, 5) is 4.74. The van der Waals surface area contributed by atoms with Gasteiger partial charge >= 0.3 is 0 Å². The largest absolute Gasteiger partial charge is 0.371 e. The summed E-state index contributed by atoms with van der Waals surface area (Å²) < 4.78 is 21.7. The first-order valence-electron chi connectivity index (χ1n) is 11.2. The van der Waals surface area contributed by atoms with Crippen molar-refractivity contribution in [2.45, 2.75) is 24.4 Å². The Balaban J connectivity index is 1.08. The molecule has 0 amide bonds. The smallest absolute Gasteiger partial charge is 0.0984 e. The highest BCUT2D eigenvalue weighted by Crippen LogP contribution is 2.27. The van der Waals surface area contributed by atoms with Crippen LogP contribution in [0.1, 0.15) is 0 Å². The summed E-state index contributed by atoms with van der Waals surface area (Å²) in [6.07, 6.45) is 1.47. The van der Waals surface area contributed by atoms with E-state index in [1.807, 2.05) is 0 Å². The van der Waals surface area contributed by atoms with E-state index in [2.05, 4.69) is 63.6 Å². The number of epoxide rings is 4. The Hall–Kier alpha value is -2.32. The van der Waals surface area contributed by atoms with Gasteiger partial charge in [0.25, 0.3) is 0 Å². The van der Waals surface area contributed by atoms with E-state index < -0.39 is 0 Å². The van der Waals surface area contributed by atoms with Crippen LogP contribution in [0.3, 0.4) is 0 Å². The highest BCUT2D eigenvalue weighted by Gasteiger charge is 2.32. The zero-order valence-corrected chi connectivity index (χ0v) is 17.6. The standard InChI is InChI=1S/C24H29N3O4/c1-5-19(26(9-21-13-28-21)10-22-14-29-22)6-2-17(1)25-18-3-7-20(8-4-18)27(11-23-15-30-23)12-24-16-31-24/h1-8,21-25H,9-16H2. The van der Waals surface area contributed by atoms with Gasteiger partial charge in [-0.1, -0.05) is 0 Å². The third-order valence-corrected chi connectivity index (χ3v) is 6.06. The molecule has 4 saturated heterocycles. The first-order chi connectivity index (χ1) is 15.3. The summed E-state index contributed by atoms with van der Waals surface area (Å²) in [6, 6.07) is 17.3. The van der Waals surface area contributed by atoms with Crippen molar-refractivity contribution in [3.8, 4) is 0 Å². The van der Waals surface area contributed by atoms with Gasteiger partial charge in [0.2, 0.25) is 0 Å². The van der Waals surface area contributed by atoms with Crippen molar-refractivity contribution in [1.29, 1.82) is 0 Å². The molecule has 0 radical (unpaired) electrons. The minimum absolute atomic E-state index is 0.368. The SMILES string of the molecule is c1cc(N(CC2CO2)CC2CO2)ccc1Nc1ccc(N(CC2CO2)CC2CO2)cc1. The number of benzene rings is 2. The number of rotatable bonds is 12. The van der Waals surface area contributed by atoms with E-state index in [1.165, 1.54) is 11.4 Å². The molecule has 7 nitrogen and oxygen atoms in total. The molecular formula is C24H29N3O4. The van der Waals surface area contributed by atoms with Gasteiger partial charge in [-0.05, 0) is 48.5 Å². The average Bonchev–Trinajstić information content (AvgIpc) is 3.63. The van der Waals surface area contributed by atoms with Gasteiger partial charge in [0.05, 0.1) is 50.8 Å². The number of hydrogen-bond donors (Lipinski definition) is 1. The molecule has 0 aliphatic carbocycles. The molecule has 2 aromatic rings. The number of ether oxygens (including phenoxy) is 4. The lowest BCUT2D eigenvalue weighted by atomic mass is 10.2. The minimum Gasteiger partial charge on any atom is -0.371 e. The quantitative estimate of drug-likeness (QED) is 0.527. The van der Waals surface area contributed by atoms with Gasteiger partial charge in [-0.2, -0.15) is 0 Å². The lowest BCUT2D eigenvalue weighted by Gasteiger charge is -2.24. The third-order valence-electron chi connectivity index (χ3n) is 6.06. The highest BCUT2D eigenvalue weighted by atomic mass is 16.6. The predicted octanol–water partition coefficient (Wildman–Crippen LogP) is 2.64. The second kappa shape index (κ2) is 8.31. The van der Waals surface area contributed by atoms with Gasteiger partial charge in [-0.25, -0.2) is 0 Å². The second-order valence-electron chi connectivity index (χ2n) is 8.85. The van der Waals surface area contributed by atoms with Gasteiger partial charge in [-0.15, -0.1) is 0 Å². The molecule has 31 heavy (non-hydrogen) atoms. The van der Waals surface area contributed by atoms with Crippen LogP contribution in [0.4, 0.5) is 22.7 Å². The molecule has 0 aromatic heterocycles. The Morgan fingerprint density at radius 1 is 0.548 bits per heavy atom. The Morgan fingerprint density at radius 3 is 1.10 bits per heavy atom. The Bertz CT molecular complexity index is 773. The van der Waals surface area contributed by atoms with Crippen molar-refractivity contribution < 1.29 is 18.9 Å². The van der Waals surface area contributed by atoms with Crippen molar-refractivity contribution in [2.75, 3.05) is 67.7 Å². The van der Waals surface area contributed by atoms with Gasteiger partial charge in [0, 0.05) is 48.9 Å². The zero-order chi connectivity index (χ0) is 20.6. The molecule has 164 valence electrons. The number of nitrogens with zero attached hydrogens (tertiary/aromatic N) is 2. The summed E-state index contributed by atoms with van der Waals surface area (Å²) in [5.41, 5.74) is 4.59. The predicted molar refractivity (Wildman–Crippen MR) is 120 cm³/mol. The van der Waals surface area contributed by atoms with Crippen LogP contribution in [0.2, 0.25) is 0 Å². The van der Waals surface area contributed by atoms with Crippen LogP contribution in [-0.4, -0.2) is 77.0 Å². The summed E-state index contributed by atoms with van der Waals surface area (Å²) in [6.45, 7) is 7.22. The molecule has 6 rings (SSSR count). The second-order valence-corrected chi connectivity index (χ2v) is 8.85. The van der Waals surface area contributed by atoms with Crippen LogP contribution in [0.5, 0.6) is 0 Å². The van der Waals surface area contributed by atoms with Crippen molar-refractivity contribution >= 4 is 22.7 Å². The molecular weight excluding hydrogens is 394 g/mol. The van der Waals surface area contributed by atoms with Gasteiger partial charge in [0.1, 0.15) is 0 Å². The fourth-order valence-corrected chi connectivity index (χ4v) is 3.93. The van der Waals surface area contributed by atoms with E-state index in [9.17, 15) is 0 Å². The molecule has 4 unspecified atom stereocenters. The molecule has 2 aromatic carbocycles. The highest BCUT2D eigenvalue weighted by molar-refractivity contribution is 5.65. The van der Waals surface area contributed by atoms with E-state index in [4.69, 9.17) is 18.9 Å². The molecule has 1 N–H and O–H groups in total. The van der Waals surface area contributed by atoms with E-state index in [-0.39, 0.29) is 0 Å². The number of nitrogens with one attached hydrogen (secondary N) is 1. The third kappa shape index (κ3) is 5.49. The maximum Gasteiger partial charge on any atom is 0.0984 e. The summed E-state index contributed by atoms with van der Waals surface area (Å²) in [7, 11) is 0. The summed E-state index contributed by atoms with van der Waals surface area (Å²) >= 11 is 0. The lowest BCUT2D eigenvalue weighted by Crippen LogP contribution is -2.31. The Morgan fingerprint density at radius 2 is 0.839 bits per heavy atom. The van der Waals surface area contributed by atoms with Crippen molar-refractivity contribution in [3.63, 3.8) is 0 Å². The van der Waals surface area contributed by atoms with Crippen LogP contribution in [-0.2, 0) is 18.9 Å². The maximum absolute atomic E-state index is 5.43. The Kier molecular flexibility index (Phi) is 5.20. The van der Waals surface area contributed by atoms with Crippen molar-refractivity contribution in [3.05, 3.63) is 48.5 Å². The molecule has 0 saturated carbocycles. The normalized spacial score (nSPS) is 27.5. The minimum atomic E-state index is 0.368. The van der Waals surface area contributed by atoms with E-state index >= 15 is 0 Å². The molecule has 4 fully saturated rings. The van der Waals surface area contributed by atoms with Crippen LogP contribution < -0.4 is 15.1 Å².